The summed E-state index contributed by atoms with van der Waals surface area (Å²) in [7, 11) is 0. The molecule has 0 bridgehead atoms. The van der Waals surface area contributed by atoms with Crippen LogP contribution in [0.25, 0.3) is 0 Å². The van der Waals surface area contributed by atoms with Crippen molar-refractivity contribution in [2.24, 2.45) is 11.8 Å². The van der Waals surface area contributed by atoms with E-state index in [1.165, 1.54) is 0 Å². The number of aliphatic hydroxyl groups excluding tert-OH is 2. The quantitative estimate of drug-likeness (QED) is 0.408. The van der Waals surface area contributed by atoms with Gasteiger partial charge in [0.15, 0.2) is 0 Å². The summed E-state index contributed by atoms with van der Waals surface area (Å²) in [4.78, 5) is 23.2. The monoisotopic (exact) mass is 344 g/mol. The van der Waals surface area contributed by atoms with Crippen LogP contribution in [-0.2, 0) is 9.59 Å². The molecule has 6 heteroatoms. The summed E-state index contributed by atoms with van der Waals surface area (Å²) in [5.74, 6) is 0.629. The van der Waals surface area contributed by atoms with E-state index in [4.69, 9.17) is 0 Å². The van der Waals surface area contributed by atoms with Gasteiger partial charge in [0, 0.05) is 25.9 Å². The molecule has 0 aromatic carbocycles. The van der Waals surface area contributed by atoms with Gasteiger partial charge in [0.25, 0.3) is 0 Å². The number of hydrogen-bond acceptors (Lipinski definition) is 4. The van der Waals surface area contributed by atoms with Gasteiger partial charge in [-0.3, -0.25) is 9.59 Å². The van der Waals surface area contributed by atoms with Crippen molar-refractivity contribution in [1.82, 2.24) is 10.6 Å². The molecule has 4 N–H and O–H groups in total. The normalized spacial score (nSPS) is 13.8. The molecule has 0 spiro atoms. The van der Waals surface area contributed by atoms with Crippen LogP contribution in [0.3, 0.4) is 0 Å². The van der Waals surface area contributed by atoms with Crippen LogP contribution in [0.1, 0.15) is 66.2 Å². The Morgan fingerprint density at radius 3 is 1.71 bits per heavy atom. The van der Waals surface area contributed by atoms with Crippen molar-refractivity contribution in [2.45, 2.75) is 78.4 Å². The van der Waals surface area contributed by atoms with Crippen LogP contribution >= 0.6 is 0 Å². The van der Waals surface area contributed by atoms with Crippen LogP contribution in [-0.4, -0.2) is 47.3 Å². The fraction of sp³-hybridized carbons (Fsp3) is 0.889. The van der Waals surface area contributed by atoms with Gasteiger partial charge < -0.3 is 20.8 Å². The summed E-state index contributed by atoms with van der Waals surface area (Å²) in [5, 5.41) is 25.1. The second-order valence-electron chi connectivity index (χ2n) is 7.34. The van der Waals surface area contributed by atoms with E-state index in [1.807, 2.05) is 13.8 Å². The van der Waals surface area contributed by atoms with Crippen molar-refractivity contribution >= 4 is 11.8 Å². The van der Waals surface area contributed by atoms with Gasteiger partial charge in [-0.05, 0) is 37.5 Å². The molecule has 0 radical (unpaired) electrons. The molecule has 0 aliphatic rings. The van der Waals surface area contributed by atoms with E-state index < -0.39 is 12.2 Å². The topological polar surface area (TPSA) is 98.7 Å². The predicted octanol–water partition coefficient (Wildman–Crippen LogP) is 1.59. The molecule has 0 saturated heterocycles. The Morgan fingerprint density at radius 1 is 0.750 bits per heavy atom. The highest BCUT2D eigenvalue weighted by molar-refractivity contribution is 5.83. The van der Waals surface area contributed by atoms with Crippen LogP contribution in [0.2, 0.25) is 0 Å². The minimum absolute atomic E-state index is 0.109. The van der Waals surface area contributed by atoms with E-state index in [0.717, 1.165) is 6.42 Å². The van der Waals surface area contributed by atoms with Crippen LogP contribution in [0, 0.1) is 11.8 Å². The van der Waals surface area contributed by atoms with Crippen molar-refractivity contribution in [3.63, 3.8) is 0 Å². The lowest BCUT2D eigenvalue weighted by Crippen LogP contribution is -2.31. The van der Waals surface area contributed by atoms with Crippen LogP contribution in [0.15, 0.2) is 0 Å². The minimum Gasteiger partial charge on any atom is -0.393 e. The van der Waals surface area contributed by atoms with Gasteiger partial charge in [0.05, 0.1) is 12.2 Å². The maximum absolute atomic E-state index is 11.7. The van der Waals surface area contributed by atoms with Gasteiger partial charge in [-0.2, -0.15) is 0 Å². The molecule has 0 aliphatic carbocycles. The van der Waals surface area contributed by atoms with E-state index in [2.05, 4.69) is 24.5 Å². The van der Waals surface area contributed by atoms with Crippen molar-refractivity contribution in [1.29, 1.82) is 0 Å². The Labute approximate surface area is 146 Å². The third-order valence-corrected chi connectivity index (χ3v) is 3.71. The van der Waals surface area contributed by atoms with E-state index in [9.17, 15) is 19.8 Å². The minimum atomic E-state index is -0.626. The first-order chi connectivity index (χ1) is 11.2. The predicted molar refractivity (Wildman–Crippen MR) is 95.4 cm³/mol. The molecule has 2 amide bonds. The molecule has 142 valence electrons. The van der Waals surface area contributed by atoms with Crippen LogP contribution < -0.4 is 10.6 Å². The fourth-order valence-corrected chi connectivity index (χ4v) is 2.35. The van der Waals surface area contributed by atoms with Gasteiger partial charge in [0.1, 0.15) is 0 Å². The average Bonchev–Trinajstić information content (AvgIpc) is 2.43. The Morgan fingerprint density at radius 2 is 1.25 bits per heavy atom. The summed E-state index contributed by atoms with van der Waals surface area (Å²) < 4.78 is 0. The van der Waals surface area contributed by atoms with Gasteiger partial charge in [0.2, 0.25) is 11.8 Å². The SMILES string of the molecule is CC(C)CCNC(=O)CCC(=O)NCC[C@@H](O)C[C@@H](O)CC(C)C. The van der Waals surface area contributed by atoms with E-state index >= 15 is 0 Å². The average molecular weight is 344 g/mol. The lowest BCUT2D eigenvalue weighted by atomic mass is 10.00. The Balaban J connectivity index is 3.69. The Hall–Kier alpha value is -1.14. The largest absolute Gasteiger partial charge is 0.393 e. The lowest BCUT2D eigenvalue weighted by Gasteiger charge is -2.17. The highest BCUT2D eigenvalue weighted by Crippen LogP contribution is 2.11. The summed E-state index contributed by atoms with van der Waals surface area (Å²) in [5.41, 5.74) is 0. The molecule has 0 saturated carbocycles. The molecular formula is C18H36N2O4. The Bertz CT molecular complexity index is 359. The number of rotatable bonds is 13. The number of aliphatic hydroxyl groups is 2. The number of hydrogen-bond donors (Lipinski definition) is 4. The summed E-state index contributed by atoms with van der Waals surface area (Å²) in [6.45, 7) is 9.22. The molecule has 0 unspecified atom stereocenters. The molecule has 0 aromatic rings. The summed E-state index contributed by atoms with van der Waals surface area (Å²) in [6, 6.07) is 0. The van der Waals surface area contributed by atoms with E-state index in [0.29, 0.717) is 44.2 Å². The molecule has 0 heterocycles. The Kier molecular flexibility index (Phi) is 12.6. The lowest BCUT2D eigenvalue weighted by molar-refractivity contribution is -0.126. The van der Waals surface area contributed by atoms with E-state index in [1.54, 1.807) is 0 Å². The highest BCUT2D eigenvalue weighted by Gasteiger charge is 2.14. The second kappa shape index (κ2) is 13.2. The first kappa shape index (κ1) is 22.9. The van der Waals surface area contributed by atoms with Crippen molar-refractivity contribution < 1.29 is 19.8 Å². The molecule has 0 aliphatic heterocycles. The van der Waals surface area contributed by atoms with Crippen molar-refractivity contribution in [3.05, 3.63) is 0 Å². The first-order valence-corrected chi connectivity index (χ1v) is 9.10. The summed E-state index contributed by atoms with van der Waals surface area (Å²) >= 11 is 0. The van der Waals surface area contributed by atoms with Gasteiger partial charge >= 0.3 is 0 Å². The maximum Gasteiger partial charge on any atom is 0.220 e. The third-order valence-electron chi connectivity index (χ3n) is 3.71. The number of nitrogens with one attached hydrogen (secondary N) is 2. The summed E-state index contributed by atoms with van der Waals surface area (Å²) in [6.07, 6.45) is 1.52. The molecule has 0 fully saturated rings. The third kappa shape index (κ3) is 14.5. The molecule has 0 aromatic heterocycles. The van der Waals surface area contributed by atoms with E-state index in [-0.39, 0.29) is 24.7 Å². The second-order valence-corrected chi connectivity index (χ2v) is 7.34. The molecule has 0 rings (SSSR count). The van der Waals surface area contributed by atoms with Crippen LogP contribution in [0.5, 0.6) is 0 Å². The molecule has 24 heavy (non-hydrogen) atoms. The number of carbonyl (C=O) groups is 2. The van der Waals surface area contributed by atoms with Gasteiger partial charge in [-0.15, -0.1) is 0 Å². The molecule has 6 nitrogen and oxygen atoms in total. The zero-order chi connectivity index (χ0) is 18.5. The molecular weight excluding hydrogens is 308 g/mol. The van der Waals surface area contributed by atoms with Gasteiger partial charge in [-0.1, -0.05) is 27.7 Å². The van der Waals surface area contributed by atoms with Crippen LogP contribution in [0.4, 0.5) is 0 Å². The fourth-order valence-electron chi connectivity index (χ4n) is 2.35. The zero-order valence-corrected chi connectivity index (χ0v) is 15.7. The van der Waals surface area contributed by atoms with Gasteiger partial charge in [-0.25, -0.2) is 0 Å². The molecule has 2 atom stereocenters. The van der Waals surface area contributed by atoms with Crippen molar-refractivity contribution in [2.75, 3.05) is 13.1 Å². The highest BCUT2D eigenvalue weighted by atomic mass is 16.3. The standard InChI is InChI=1S/C18H36N2O4/c1-13(2)7-9-19-17(23)5-6-18(24)20-10-8-15(21)12-16(22)11-14(3)4/h13-16,21-22H,5-12H2,1-4H3,(H,19,23)(H,20,24)/t15-,16+/m1/s1. The zero-order valence-electron chi connectivity index (χ0n) is 15.7. The number of amides is 2. The first-order valence-electron chi connectivity index (χ1n) is 9.10. The maximum atomic E-state index is 11.7. The number of carbonyl (C=O) groups excluding carboxylic acids is 2. The van der Waals surface area contributed by atoms with Crippen molar-refractivity contribution in [3.8, 4) is 0 Å². The smallest absolute Gasteiger partial charge is 0.220 e.